The van der Waals surface area contributed by atoms with Crippen molar-refractivity contribution < 1.29 is 14.7 Å². The average Bonchev–Trinajstić information content (AvgIpc) is 2.89. The molecule has 5 nitrogen and oxygen atoms in total. The van der Waals surface area contributed by atoms with Crippen LogP contribution in [-0.4, -0.2) is 52.5 Å². The van der Waals surface area contributed by atoms with Gasteiger partial charge in [-0.3, -0.25) is 9.59 Å². The topological polar surface area (TPSA) is 60.9 Å². The third-order valence-electron chi connectivity index (χ3n) is 3.26. The molecule has 1 saturated heterocycles. The Balaban J connectivity index is 2.02. The van der Waals surface area contributed by atoms with Gasteiger partial charge in [0, 0.05) is 24.0 Å². The van der Waals surface area contributed by atoms with Crippen LogP contribution in [-0.2, 0) is 16.1 Å². The Kier molecular flexibility index (Phi) is 4.99. The summed E-state index contributed by atoms with van der Waals surface area (Å²) in [6.45, 7) is 5.21. The van der Waals surface area contributed by atoms with Crippen molar-refractivity contribution >= 4 is 23.2 Å². The van der Waals surface area contributed by atoms with Gasteiger partial charge in [0.1, 0.15) is 6.61 Å². The number of aliphatic hydroxyl groups excluding tert-OH is 1. The number of carbonyl (C=O) groups is 2. The van der Waals surface area contributed by atoms with Gasteiger partial charge < -0.3 is 14.9 Å². The van der Waals surface area contributed by atoms with Gasteiger partial charge in [-0.15, -0.1) is 11.3 Å². The highest BCUT2D eigenvalue weighted by Gasteiger charge is 2.33. The SMILES string of the molecule is CC(C)N1CCN(Cc2ccc(C#CCO)s2)C(=O)C1=O. The predicted octanol–water partition coefficient (Wildman–Crippen LogP) is 0.671. The van der Waals surface area contributed by atoms with E-state index in [0.717, 1.165) is 9.75 Å². The molecule has 2 heterocycles. The molecule has 0 saturated carbocycles. The van der Waals surface area contributed by atoms with E-state index in [1.165, 1.54) is 11.3 Å². The highest BCUT2D eigenvalue weighted by molar-refractivity contribution is 7.12. The Hall–Kier alpha value is -1.84. The summed E-state index contributed by atoms with van der Waals surface area (Å²) in [5.74, 6) is 4.56. The van der Waals surface area contributed by atoms with E-state index in [4.69, 9.17) is 5.11 Å². The molecule has 1 fully saturated rings. The molecule has 0 spiro atoms. The van der Waals surface area contributed by atoms with E-state index in [2.05, 4.69) is 11.8 Å². The van der Waals surface area contributed by atoms with Crippen molar-refractivity contribution in [3.05, 3.63) is 21.9 Å². The fourth-order valence-corrected chi connectivity index (χ4v) is 3.08. The lowest BCUT2D eigenvalue weighted by molar-refractivity contribution is -0.157. The largest absolute Gasteiger partial charge is 0.384 e. The Morgan fingerprint density at radius 2 is 2.05 bits per heavy atom. The molecule has 6 heteroatoms. The number of piperazine rings is 1. The molecule has 2 rings (SSSR count). The lowest BCUT2D eigenvalue weighted by Crippen LogP contribution is -2.55. The summed E-state index contributed by atoms with van der Waals surface area (Å²) in [5, 5.41) is 8.66. The minimum Gasteiger partial charge on any atom is -0.384 e. The van der Waals surface area contributed by atoms with E-state index in [-0.39, 0.29) is 12.6 Å². The van der Waals surface area contributed by atoms with Crippen LogP contribution in [0.3, 0.4) is 0 Å². The molecule has 0 radical (unpaired) electrons. The Labute approximate surface area is 128 Å². The normalized spacial score (nSPS) is 15.4. The predicted molar refractivity (Wildman–Crippen MR) is 80.5 cm³/mol. The van der Waals surface area contributed by atoms with Crippen molar-refractivity contribution in [2.45, 2.75) is 26.4 Å². The van der Waals surface area contributed by atoms with Crippen LogP contribution in [0, 0.1) is 11.8 Å². The van der Waals surface area contributed by atoms with Crippen molar-refractivity contribution in [1.82, 2.24) is 9.80 Å². The number of carbonyl (C=O) groups excluding carboxylic acids is 2. The van der Waals surface area contributed by atoms with Crippen LogP contribution >= 0.6 is 11.3 Å². The van der Waals surface area contributed by atoms with E-state index in [1.807, 2.05) is 26.0 Å². The average molecular weight is 306 g/mol. The summed E-state index contributed by atoms with van der Waals surface area (Å²) < 4.78 is 0. The fraction of sp³-hybridized carbons (Fsp3) is 0.467. The molecule has 1 aliphatic heterocycles. The first kappa shape index (κ1) is 15.5. The van der Waals surface area contributed by atoms with E-state index in [9.17, 15) is 9.59 Å². The fourth-order valence-electron chi connectivity index (χ4n) is 2.18. The highest BCUT2D eigenvalue weighted by atomic mass is 32.1. The van der Waals surface area contributed by atoms with Crippen LogP contribution in [0.25, 0.3) is 0 Å². The van der Waals surface area contributed by atoms with E-state index in [1.54, 1.807) is 9.80 Å². The quantitative estimate of drug-likeness (QED) is 0.659. The van der Waals surface area contributed by atoms with Gasteiger partial charge in [0.15, 0.2) is 0 Å². The summed E-state index contributed by atoms with van der Waals surface area (Å²) in [6.07, 6.45) is 0. The van der Waals surface area contributed by atoms with Crippen molar-refractivity contribution in [1.29, 1.82) is 0 Å². The van der Waals surface area contributed by atoms with Crippen LogP contribution in [0.2, 0.25) is 0 Å². The third kappa shape index (κ3) is 3.63. The minimum atomic E-state index is -0.439. The first-order chi connectivity index (χ1) is 10.0. The molecule has 21 heavy (non-hydrogen) atoms. The summed E-state index contributed by atoms with van der Waals surface area (Å²) in [5.41, 5.74) is 0. The summed E-state index contributed by atoms with van der Waals surface area (Å²) >= 11 is 1.47. The number of nitrogens with zero attached hydrogens (tertiary/aromatic N) is 2. The van der Waals surface area contributed by atoms with Crippen LogP contribution in [0.15, 0.2) is 12.1 Å². The smallest absolute Gasteiger partial charge is 0.312 e. The molecule has 2 amide bonds. The molecule has 0 atom stereocenters. The van der Waals surface area contributed by atoms with Crippen LogP contribution in [0.1, 0.15) is 23.6 Å². The first-order valence-corrected chi connectivity index (χ1v) is 7.63. The highest BCUT2D eigenvalue weighted by Crippen LogP contribution is 2.19. The van der Waals surface area contributed by atoms with E-state index >= 15 is 0 Å². The van der Waals surface area contributed by atoms with Crippen LogP contribution < -0.4 is 0 Å². The maximum absolute atomic E-state index is 12.1. The monoisotopic (exact) mass is 306 g/mol. The lowest BCUT2D eigenvalue weighted by atomic mass is 10.2. The first-order valence-electron chi connectivity index (χ1n) is 6.81. The second-order valence-corrected chi connectivity index (χ2v) is 6.21. The maximum Gasteiger partial charge on any atom is 0.312 e. The number of thiophene rings is 1. The summed E-state index contributed by atoms with van der Waals surface area (Å²) in [7, 11) is 0. The Morgan fingerprint density at radius 1 is 1.29 bits per heavy atom. The molecule has 0 aromatic carbocycles. The second-order valence-electron chi connectivity index (χ2n) is 5.04. The number of hydrogen-bond donors (Lipinski definition) is 1. The molecule has 1 aromatic rings. The van der Waals surface area contributed by atoms with E-state index < -0.39 is 11.8 Å². The molecule has 1 aliphatic rings. The molecule has 0 unspecified atom stereocenters. The number of aliphatic hydroxyl groups is 1. The standard InChI is InChI=1S/C15H18N2O3S/c1-11(2)17-8-7-16(14(19)15(17)20)10-13-6-5-12(21-13)4-3-9-18/h5-6,11,18H,7-10H2,1-2H3. The van der Waals surface area contributed by atoms with Gasteiger partial charge in [0.05, 0.1) is 11.4 Å². The van der Waals surface area contributed by atoms with Gasteiger partial charge in [-0.05, 0) is 26.0 Å². The van der Waals surface area contributed by atoms with Crippen molar-refractivity contribution in [2.24, 2.45) is 0 Å². The number of amides is 2. The minimum absolute atomic E-state index is 0.0469. The molecule has 0 aliphatic carbocycles. The van der Waals surface area contributed by atoms with Gasteiger partial charge >= 0.3 is 11.8 Å². The summed E-state index contributed by atoms with van der Waals surface area (Å²) in [6, 6.07) is 3.81. The molecular weight excluding hydrogens is 288 g/mol. The second kappa shape index (κ2) is 6.74. The molecule has 112 valence electrons. The van der Waals surface area contributed by atoms with Gasteiger partial charge in [-0.2, -0.15) is 0 Å². The van der Waals surface area contributed by atoms with Gasteiger partial charge in [0.2, 0.25) is 0 Å². The van der Waals surface area contributed by atoms with Crippen LogP contribution in [0.4, 0.5) is 0 Å². The lowest BCUT2D eigenvalue weighted by Gasteiger charge is -2.35. The zero-order chi connectivity index (χ0) is 15.4. The van der Waals surface area contributed by atoms with Gasteiger partial charge in [-0.1, -0.05) is 11.8 Å². The van der Waals surface area contributed by atoms with Gasteiger partial charge in [0.25, 0.3) is 0 Å². The van der Waals surface area contributed by atoms with E-state index in [0.29, 0.717) is 19.6 Å². The van der Waals surface area contributed by atoms with Crippen molar-refractivity contribution in [3.8, 4) is 11.8 Å². The number of hydrogen-bond acceptors (Lipinski definition) is 4. The van der Waals surface area contributed by atoms with Crippen molar-refractivity contribution in [3.63, 3.8) is 0 Å². The summed E-state index contributed by atoms with van der Waals surface area (Å²) in [4.78, 5) is 29.1. The third-order valence-corrected chi connectivity index (χ3v) is 4.25. The Morgan fingerprint density at radius 3 is 2.71 bits per heavy atom. The molecular formula is C15H18N2O3S. The molecule has 1 aromatic heterocycles. The van der Waals surface area contributed by atoms with Crippen molar-refractivity contribution in [2.75, 3.05) is 19.7 Å². The zero-order valence-electron chi connectivity index (χ0n) is 12.1. The van der Waals surface area contributed by atoms with Crippen LogP contribution in [0.5, 0.6) is 0 Å². The van der Waals surface area contributed by atoms with Gasteiger partial charge in [-0.25, -0.2) is 0 Å². The Bertz CT molecular complexity index is 598. The zero-order valence-corrected chi connectivity index (χ0v) is 12.9. The number of rotatable bonds is 3. The molecule has 1 N–H and O–H groups in total. The maximum atomic E-state index is 12.1. The molecule has 0 bridgehead atoms.